The fourth-order valence-electron chi connectivity index (χ4n) is 2.66. The Kier molecular flexibility index (Phi) is 6.08. The Bertz CT molecular complexity index is 609. The maximum atomic E-state index is 12.9. The zero-order chi connectivity index (χ0) is 16.7. The molecule has 2 rings (SSSR count). The molecule has 1 heterocycles. The summed E-state index contributed by atoms with van der Waals surface area (Å²) < 4.78 is 12.9. The van der Waals surface area contributed by atoms with Crippen molar-refractivity contribution in [1.29, 1.82) is 10.5 Å². The van der Waals surface area contributed by atoms with Crippen LogP contribution in [0.3, 0.4) is 0 Å². The Morgan fingerprint density at radius 1 is 1.17 bits per heavy atom. The highest BCUT2D eigenvalue weighted by atomic mass is 19.1. The number of halogens is 1. The normalized spacial score (nSPS) is 16.4. The van der Waals surface area contributed by atoms with Gasteiger partial charge in [0, 0.05) is 44.7 Å². The molecule has 1 amide bonds. The second kappa shape index (κ2) is 8.26. The molecule has 0 unspecified atom stereocenters. The summed E-state index contributed by atoms with van der Waals surface area (Å²) in [6, 6.07) is 9.88. The van der Waals surface area contributed by atoms with Crippen molar-refractivity contribution in [3.63, 3.8) is 0 Å². The fourth-order valence-corrected chi connectivity index (χ4v) is 2.66. The van der Waals surface area contributed by atoms with Crippen LogP contribution in [0.15, 0.2) is 24.3 Å². The van der Waals surface area contributed by atoms with Gasteiger partial charge in [-0.1, -0.05) is 0 Å². The van der Waals surface area contributed by atoms with Crippen LogP contribution in [0.1, 0.15) is 23.2 Å². The third kappa shape index (κ3) is 4.77. The van der Waals surface area contributed by atoms with Gasteiger partial charge < -0.3 is 4.90 Å². The molecule has 1 aliphatic heterocycles. The molecule has 0 radical (unpaired) electrons. The van der Waals surface area contributed by atoms with Crippen LogP contribution < -0.4 is 0 Å². The minimum Gasteiger partial charge on any atom is -0.336 e. The highest BCUT2D eigenvalue weighted by Crippen LogP contribution is 2.13. The van der Waals surface area contributed by atoms with E-state index >= 15 is 0 Å². The molecule has 0 bridgehead atoms. The fraction of sp³-hybridized carbons (Fsp3) is 0.471. The van der Waals surface area contributed by atoms with Gasteiger partial charge in [0.2, 0.25) is 0 Å². The molecule has 0 saturated carbocycles. The van der Waals surface area contributed by atoms with Crippen LogP contribution >= 0.6 is 0 Å². The first kappa shape index (κ1) is 16.9. The van der Waals surface area contributed by atoms with Crippen molar-refractivity contribution < 1.29 is 9.18 Å². The standard InChI is InChI=1S/C17H19FN4O/c18-16-5-3-15(4-6-16)17(23)22-10-8-21(9-11-22)13-14(12-20)2-1-7-19/h3-6,14H,1-2,8-11,13H2/t14-/m1/s1. The van der Waals surface area contributed by atoms with Gasteiger partial charge in [0.05, 0.1) is 18.1 Å². The molecule has 1 atom stereocenters. The number of hydrogen-bond donors (Lipinski definition) is 0. The van der Waals surface area contributed by atoms with Crippen molar-refractivity contribution in [2.75, 3.05) is 32.7 Å². The van der Waals surface area contributed by atoms with Crippen LogP contribution in [0.4, 0.5) is 4.39 Å². The molecule has 0 aliphatic carbocycles. The average Bonchev–Trinajstić information content (AvgIpc) is 2.59. The lowest BCUT2D eigenvalue weighted by Crippen LogP contribution is -2.49. The molecule has 0 aromatic heterocycles. The molecule has 6 heteroatoms. The summed E-state index contributed by atoms with van der Waals surface area (Å²) in [5.41, 5.74) is 0.490. The number of piperazine rings is 1. The predicted molar refractivity (Wildman–Crippen MR) is 82.7 cm³/mol. The van der Waals surface area contributed by atoms with E-state index in [1.165, 1.54) is 24.3 Å². The van der Waals surface area contributed by atoms with Crippen molar-refractivity contribution >= 4 is 5.91 Å². The van der Waals surface area contributed by atoms with Crippen LogP contribution in [0.5, 0.6) is 0 Å². The van der Waals surface area contributed by atoms with Gasteiger partial charge in [-0.15, -0.1) is 0 Å². The molecule has 120 valence electrons. The van der Waals surface area contributed by atoms with E-state index < -0.39 is 0 Å². The van der Waals surface area contributed by atoms with Crippen LogP contribution in [0.25, 0.3) is 0 Å². The van der Waals surface area contributed by atoms with Gasteiger partial charge in [0.15, 0.2) is 0 Å². The molecular formula is C17H19FN4O. The summed E-state index contributed by atoms with van der Waals surface area (Å²) >= 11 is 0. The number of benzene rings is 1. The number of nitriles is 2. The van der Waals surface area contributed by atoms with E-state index in [1.807, 2.05) is 0 Å². The van der Waals surface area contributed by atoms with E-state index in [9.17, 15) is 9.18 Å². The Balaban J connectivity index is 1.84. The van der Waals surface area contributed by atoms with E-state index in [4.69, 9.17) is 10.5 Å². The first-order valence-corrected chi connectivity index (χ1v) is 7.68. The first-order valence-electron chi connectivity index (χ1n) is 7.68. The summed E-state index contributed by atoms with van der Waals surface area (Å²) in [6.45, 7) is 3.23. The van der Waals surface area contributed by atoms with Gasteiger partial charge in [0.1, 0.15) is 5.82 Å². The molecule has 1 saturated heterocycles. The number of amides is 1. The lowest BCUT2D eigenvalue weighted by Gasteiger charge is -2.35. The molecule has 1 aromatic carbocycles. The third-order valence-corrected chi connectivity index (χ3v) is 4.02. The minimum absolute atomic E-state index is 0.0917. The molecule has 23 heavy (non-hydrogen) atoms. The van der Waals surface area contributed by atoms with Crippen molar-refractivity contribution in [3.05, 3.63) is 35.6 Å². The van der Waals surface area contributed by atoms with Crippen molar-refractivity contribution in [2.45, 2.75) is 12.8 Å². The number of nitrogens with zero attached hydrogens (tertiary/aromatic N) is 4. The number of rotatable bonds is 5. The number of hydrogen-bond acceptors (Lipinski definition) is 4. The topological polar surface area (TPSA) is 71.1 Å². The third-order valence-electron chi connectivity index (χ3n) is 4.02. The predicted octanol–water partition coefficient (Wildman–Crippen LogP) is 2.03. The van der Waals surface area contributed by atoms with E-state index in [0.29, 0.717) is 51.1 Å². The molecular weight excluding hydrogens is 295 g/mol. The molecule has 1 fully saturated rings. The van der Waals surface area contributed by atoms with Gasteiger partial charge >= 0.3 is 0 Å². The van der Waals surface area contributed by atoms with E-state index in [1.54, 1.807) is 4.90 Å². The zero-order valence-corrected chi connectivity index (χ0v) is 12.9. The summed E-state index contributed by atoms with van der Waals surface area (Å²) in [7, 11) is 0. The molecule has 5 nitrogen and oxygen atoms in total. The van der Waals surface area contributed by atoms with Crippen molar-refractivity contribution in [1.82, 2.24) is 9.80 Å². The largest absolute Gasteiger partial charge is 0.336 e. The Morgan fingerprint density at radius 3 is 2.39 bits per heavy atom. The van der Waals surface area contributed by atoms with E-state index in [-0.39, 0.29) is 17.6 Å². The van der Waals surface area contributed by atoms with Gasteiger partial charge in [-0.3, -0.25) is 9.69 Å². The highest BCUT2D eigenvalue weighted by molar-refractivity contribution is 5.94. The van der Waals surface area contributed by atoms with Crippen molar-refractivity contribution in [2.24, 2.45) is 5.92 Å². The Hall–Kier alpha value is -2.44. The van der Waals surface area contributed by atoms with Gasteiger partial charge in [-0.2, -0.15) is 10.5 Å². The van der Waals surface area contributed by atoms with Crippen LogP contribution in [-0.4, -0.2) is 48.4 Å². The van der Waals surface area contributed by atoms with E-state index in [0.717, 1.165) is 0 Å². The Morgan fingerprint density at radius 2 is 1.83 bits per heavy atom. The summed E-state index contributed by atoms with van der Waals surface area (Å²) in [4.78, 5) is 16.2. The maximum Gasteiger partial charge on any atom is 0.253 e. The average molecular weight is 314 g/mol. The molecule has 1 aromatic rings. The highest BCUT2D eigenvalue weighted by Gasteiger charge is 2.23. The lowest BCUT2D eigenvalue weighted by atomic mass is 10.0. The minimum atomic E-state index is -0.355. The smallest absolute Gasteiger partial charge is 0.253 e. The SMILES string of the molecule is N#CCC[C@H](C#N)CN1CCN(C(=O)c2ccc(F)cc2)CC1. The molecule has 0 N–H and O–H groups in total. The summed E-state index contributed by atoms with van der Waals surface area (Å²) in [5.74, 6) is -0.591. The lowest BCUT2D eigenvalue weighted by molar-refractivity contribution is 0.0625. The summed E-state index contributed by atoms with van der Waals surface area (Å²) in [6.07, 6.45) is 0.975. The quantitative estimate of drug-likeness (QED) is 0.833. The monoisotopic (exact) mass is 314 g/mol. The van der Waals surface area contributed by atoms with Gasteiger partial charge in [-0.05, 0) is 30.7 Å². The Labute approximate surface area is 135 Å². The molecule has 0 spiro atoms. The van der Waals surface area contributed by atoms with E-state index in [2.05, 4.69) is 17.0 Å². The second-order valence-electron chi connectivity index (χ2n) is 5.62. The number of carbonyl (C=O) groups excluding carboxylic acids is 1. The summed E-state index contributed by atoms with van der Waals surface area (Å²) in [5, 5.41) is 17.7. The van der Waals surface area contributed by atoms with Gasteiger partial charge in [0.25, 0.3) is 5.91 Å². The first-order chi connectivity index (χ1) is 11.1. The van der Waals surface area contributed by atoms with Crippen molar-refractivity contribution in [3.8, 4) is 12.1 Å². The van der Waals surface area contributed by atoms with Crippen LogP contribution in [0.2, 0.25) is 0 Å². The van der Waals surface area contributed by atoms with Crippen LogP contribution in [0, 0.1) is 34.4 Å². The maximum absolute atomic E-state index is 12.9. The van der Waals surface area contributed by atoms with Gasteiger partial charge in [-0.25, -0.2) is 4.39 Å². The van der Waals surface area contributed by atoms with Crippen LogP contribution in [-0.2, 0) is 0 Å². The second-order valence-corrected chi connectivity index (χ2v) is 5.62. The molecule has 1 aliphatic rings. The number of carbonyl (C=O) groups is 1. The zero-order valence-electron chi connectivity index (χ0n) is 12.9.